The molecule has 0 saturated carbocycles. The molecule has 3 heteroatoms. The van der Waals surface area contributed by atoms with Gasteiger partial charge in [-0.15, -0.1) is 11.6 Å². The number of halogens is 1. The summed E-state index contributed by atoms with van der Waals surface area (Å²) in [6.07, 6.45) is 2.80. The van der Waals surface area contributed by atoms with Gasteiger partial charge < -0.3 is 9.64 Å². The SMILES string of the molecule is CCN(CC1CCCO1)c1ccc(CCl)cc1. The molecule has 1 saturated heterocycles. The summed E-state index contributed by atoms with van der Waals surface area (Å²) < 4.78 is 5.69. The molecule has 0 amide bonds. The Kier molecular flexibility index (Phi) is 4.69. The molecule has 1 aliphatic heterocycles. The van der Waals surface area contributed by atoms with E-state index in [-0.39, 0.29) is 0 Å². The van der Waals surface area contributed by atoms with Crippen molar-refractivity contribution in [3.8, 4) is 0 Å². The predicted octanol–water partition coefficient (Wildman–Crippen LogP) is 3.43. The fourth-order valence-electron chi connectivity index (χ4n) is 2.25. The molecule has 0 aliphatic carbocycles. The van der Waals surface area contributed by atoms with E-state index in [9.17, 15) is 0 Å². The Hall–Kier alpha value is -0.730. The summed E-state index contributed by atoms with van der Waals surface area (Å²) >= 11 is 5.80. The molecule has 1 aliphatic rings. The maximum atomic E-state index is 5.80. The summed E-state index contributed by atoms with van der Waals surface area (Å²) in [7, 11) is 0. The molecular weight excluding hydrogens is 234 g/mol. The van der Waals surface area contributed by atoms with Crippen molar-refractivity contribution in [1.29, 1.82) is 0 Å². The van der Waals surface area contributed by atoms with Crippen molar-refractivity contribution in [2.24, 2.45) is 0 Å². The van der Waals surface area contributed by atoms with Crippen LogP contribution in [-0.2, 0) is 10.6 Å². The molecule has 1 atom stereocenters. The van der Waals surface area contributed by atoms with Gasteiger partial charge in [-0.05, 0) is 37.5 Å². The van der Waals surface area contributed by atoms with E-state index in [2.05, 4.69) is 36.1 Å². The van der Waals surface area contributed by atoms with Crippen LogP contribution in [0.15, 0.2) is 24.3 Å². The minimum Gasteiger partial charge on any atom is -0.376 e. The number of likely N-dealkylation sites (N-methyl/N-ethyl adjacent to an activating group) is 1. The third-order valence-corrected chi connectivity index (χ3v) is 3.59. The van der Waals surface area contributed by atoms with Gasteiger partial charge in [0.1, 0.15) is 0 Å². The summed E-state index contributed by atoms with van der Waals surface area (Å²) in [5.74, 6) is 0.581. The first-order valence-corrected chi connectivity index (χ1v) is 6.88. The Morgan fingerprint density at radius 1 is 1.35 bits per heavy atom. The van der Waals surface area contributed by atoms with Crippen LogP contribution < -0.4 is 4.90 Å². The average molecular weight is 254 g/mol. The molecule has 1 aromatic rings. The number of rotatable bonds is 5. The molecule has 94 valence electrons. The van der Waals surface area contributed by atoms with Crippen LogP contribution in [0, 0.1) is 0 Å². The van der Waals surface area contributed by atoms with E-state index in [0.29, 0.717) is 12.0 Å². The van der Waals surface area contributed by atoms with E-state index in [1.807, 2.05) is 0 Å². The molecule has 17 heavy (non-hydrogen) atoms. The fourth-order valence-corrected chi connectivity index (χ4v) is 2.43. The maximum absolute atomic E-state index is 5.80. The first kappa shape index (κ1) is 12.7. The molecule has 0 N–H and O–H groups in total. The Balaban J connectivity index is 2.00. The van der Waals surface area contributed by atoms with Gasteiger partial charge in [-0.1, -0.05) is 12.1 Å². The van der Waals surface area contributed by atoms with Gasteiger partial charge in [-0.2, -0.15) is 0 Å². The largest absolute Gasteiger partial charge is 0.376 e. The highest BCUT2D eigenvalue weighted by molar-refractivity contribution is 6.17. The number of nitrogens with zero attached hydrogens (tertiary/aromatic N) is 1. The lowest BCUT2D eigenvalue weighted by atomic mass is 10.2. The summed E-state index contributed by atoms with van der Waals surface area (Å²) in [6.45, 7) is 5.12. The van der Waals surface area contributed by atoms with Gasteiger partial charge in [0, 0.05) is 31.3 Å². The van der Waals surface area contributed by atoms with Crippen LogP contribution in [-0.4, -0.2) is 25.8 Å². The van der Waals surface area contributed by atoms with Gasteiger partial charge in [-0.25, -0.2) is 0 Å². The molecule has 0 radical (unpaired) electrons. The number of benzene rings is 1. The van der Waals surface area contributed by atoms with Crippen LogP contribution in [0.2, 0.25) is 0 Å². The first-order chi connectivity index (χ1) is 8.33. The second-order valence-electron chi connectivity index (χ2n) is 4.47. The zero-order valence-electron chi connectivity index (χ0n) is 10.4. The van der Waals surface area contributed by atoms with Crippen molar-refractivity contribution in [2.75, 3.05) is 24.6 Å². The highest BCUT2D eigenvalue weighted by Crippen LogP contribution is 2.20. The van der Waals surface area contributed by atoms with E-state index in [1.165, 1.54) is 24.1 Å². The second-order valence-corrected chi connectivity index (χ2v) is 4.74. The Morgan fingerprint density at radius 3 is 2.65 bits per heavy atom. The summed E-state index contributed by atoms with van der Waals surface area (Å²) in [6, 6.07) is 8.49. The second kappa shape index (κ2) is 6.27. The highest BCUT2D eigenvalue weighted by atomic mass is 35.5. The lowest BCUT2D eigenvalue weighted by Crippen LogP contribution is -2.31. The number of anilines is 1. The third-order valence-electron chi connectivity index (χ3n) is 3.29. The Bertz CT molecular complexity index is 333. The maximum Gasteiger partial charge on any atom is 0.0750 e. The lowest BCUT2D eigenvalue weighted by Gasteiger charge is -2.26. The van der Waals surface area contributed by atoms with Crippen molar-refractivity contribution in [3.05, 3.63) is 29.8 Å². The highest BCUT2D eigenvalue weighted by Gasteiger charge is 2.18. The summed E-state index contributed by atoms with van der Waals surface area (Å²) in [4.78, 5) is 2.37. The quantitative estimate of drug-likeness (QED) is 0.746. The smallest absolute Gasteiger partial charge is 0.0750 e. The van der Waals surface area contributed by atoms with Crippen molar-refractivity contribution in [3.63, 3.8) is 0 Å². The molecule has 1 fully saturated rings. The average Bonchev–Trinajstić information content (AvgIpc) is 2.89. The third kappa shape index (κ3) is 3.36. The molecule has 0 spiro atoms. The van der Waals surface area contributed by atoms with E-state index >= 15 is 0 Å². The van der Waals surface area contributed by atoms with Gasteiger partial charge >= 0.3 is 0 Å². The Morgan fingerprint density at radius 2 is 2.12 bits per heavy atom. The van der Waals surface area contributed by atoms with Gasteiger partial charge in [0.05, 0.1) is 6.10 Å². The molecule has 0 aromatic heterocycles. The number of ether oxygens (including phenoxy) is 1. The van der Waals surface area contributed by atoms with Gasteiger partial charge in [0.15, 0.2) is 0 Å². The minimum atomic E-state index is 0.405. The van der Waals surface area contributed by atoms with Crippen molar-refractivity contribution in [2.45, 2.75) is 31.7 Å². The number of hydrogen-bond acceptors (Lipinski definition) is 2. The zero-order chi connectivity index (χ0) is 12.1. The van der Waals surface area contributed by atoms with E-state index in [4.69, 9.17) is 16.3 Å². The molecule has 1 unspecified atom stereocenters. The standard InChI is InChI=1S/C14H20ClNO/c1-2-16(11-14-4-3-9-17-14)13-7-5-12(10-15)6-8-13/h5-8,14H,2-4,9-11H2,1H3. The Labute approximate surface area is 109 Å². The molecule has 1 aromatic carbocycles. The molecule has 2 rings (SSSR count). The summed E-state index contributed by atoms with van der Waals surface area (Å²) in [5, 5.41) is 0. The first-order valence-electron chi connectivity index (χ1n) is 6.35. The minimum absolute atomic E-state index is 0.405. The molecule has 2 nitrogen and oxygen atoms in total. The lowest BCUT2D eigenvalue weighted by molar-refractivity contribution is 0.115. The van der Waals surface area contributed by atoms with Crippen LogP contribution in [0.25, 0.3) is 0 Å². The monoisotopic (exact) mass is 253 g/mol. The van der Waals surface area contributed by atoms with Gasteiger partial charge in [-0.3, -0.25) is 0 Å². The number of alkyl halides is 1. The van der Waals surface area contributed by atoms with Crippen molar-refractivity contribution in [1.82, 2.24) is 0 Å². The van der Waals surface area contributed by atoms with Crippen molar-refractivity contribution < 1.29 is 4.74 Å². The number of hydrogen-bond donors (Lipinski definition) is 0. The molecule has 0 bridgehead atoms. The van der Waals surface area contributed by atoms with Gasteiger partial charge in [0.2, 0.25) is 0 Å². The molecule has 1 heterocycles. The van der Waals surface area contributed by atoms with Crippen LogP contribution in [0.1, 0.15) is 25.3 Å². The van der Waals surface area contributed by atoms with Crippen LogP contribution in [0.3, 0.4) is 0 Å². The van der Waals surface area contributed by atoms with Crippen molar-refractivity contribution >= 4 is 17.3 Å². The van der Waals surface area contributed by atoms with E-state index in [0.717, 1.165) is 19.7 Å². The predicted molar refractivity (Wildman–Crippen MR) is 72.9 cm³/mol. The fraction of sp³-hybridized carbons (Fsp3) is 0.571. The summed E-state index contributed by atoms with van der Waals surface area (Å²) in [5.41, 5.74) is 2.43. The van der Waals surface area contributed by atoms with Crippen LogP contribution in [0.4, 0.5) is 5.69 Å². The molecular formula is C14H20ClNO. The van der Waals surface area contributed by atoms with E-state index in [1.54, 1.807) is 0 Å². The van der Waals surface area contributed by atoms with E-state index < -0.39 is 0 Å². The normalized spacial score (nSPS) is 19.5. The van der Waals surface area contributed by atoms with Crippen LogP contribution >= 0.6 is 11.6 Å². The van der Waals surface area contributed by atoms with Crippen LogP contribution in [0.5, 0.6) is 0 Å². The van der Waals surface area contributed by atoms with Gasteiger partial charge in [0.25, 0.3) is 0 Å². The zero-order valence-corrected chi connectivity index (χ0v) is 11.1. The topological polar surface area (TPSA) is 12.5 Å².